The number of hydrogen-bond donors (Lipinski definition) is 4. The van der Waals surface area contributed by atoms with Gasteiger partial charge >= 0.3 is 6.03 Å². The number of anilines is 1. The Morgan fingerprint density at radius 3 is 2.52 bits per heavy atom. The molecule has 0 saturated heterocycles. The molecule has 0 fully saturated rings. The maximum Gasteiger partial charge on any atom is 0.319 e. The first kappa shape index (κ1) is 17.0. The molecule has 21 heavy (non-hydrogen) atoms. The Balaban J connectivity index is 2.65. The van der Waals surface area contributed by atoms with E-state index in [0.717, 1.165) is 13.0 Å². The fourth-order valence-corrected chi connectivity index (χ4v) is 1.77. The van der Waals surface area contributed by atoms with Gasteiger partial charge < -0.3 is 21.3 Å². The topological polar surface area (TPSA) is 82.3 Å². The van der Waals surface area contributed by atoms with Crippen LogP contribution in [-0.2, 0) is 0 Å². The third kappa shape index (κ3) is 6.27. The number of carbonyl (C=O) groups is 2. The van der Waals surface area contributed by atoms with Crippen molar-refractivity contribution in [3.63, 3.8) is 0 Å². The van der Waals surface area contributed by atoms with Gasteiger partial charge in [-0.25, -0.2) is 4.79 Å². The Kier molecular flexibility index (Phi) is 7.25. The van der Waals surface area contributed by atoms with Crippen molar-refractivity contribution in [2.45, 2.75) is 26.3 Å². The number of benzene rings is 1. The average molecular weight is 292 g/mol. The molecule has 6 nitrogen and oxygen atoms in total. The highest BCUT2D eigenvalue weighted by molar-refractivity contribution is 6.03. The first-order valence-corrected chi connectivity index (χ1v) is 7.14. The molecule has 116 valence electrons. The summed E-state index contributed by atoms with van der Waals surface area (Å²) in [6.07, 6.45) is 0.853. The van der Waals surface area contributed by atoms with E-state index in [1.165, 1.54) is 0 Å². The number of amides is 3. The second-order valence-corrected chi connectivity index (χ2v) is 5.01. The van der Waals surface area contributed by atoms with Crippen molar-refractivity contribution in [2.75, 3.05) is 25.5 Å². The Hall–Kier alpha value is -2.08. The standard InChI is InChI=1S/C15H24N4O2/c1-11(2)18-15(21)19-13-8-5-4-7-12(13)14(20)17-10-6-9-16-3/h4-5,7-8,11,16H,6,9-10H2,1-3H3,(H,17,20)(H2,18,19,21). The first-order chi connectivity index (χ1) is 10.0. The number of para-hydroxylation sites is 1. The number of hydrogen-bond acceptors (Lipinski definition) is 3. The van der Waals surface area contributed by atoms with Gasteiger partial charge in [0.15, 0.2) is 0 Å². The zero-order valence-corrected chi connectivity index (χ0v) is 12.8. The van der Waals surface area contributed by atoms with Gasteiger partial charge in [0, 0.05) is 12.6 Å². The van der Waals surface area contributed by atoms with Crippen molar-refractivity contribution < 1.29 is 9.59 Å². The maximum absolute atomic E-state index is 12.1. The van der Waals surface area contributed by atoms with E-state index in [2.05, 4.69) is 21.3 Å². The molecule has 0 aliphatic heterocycles. The monoisotopic (exact) mass is 292 g/mol. The second kappa shape index (κ2) is 8.97. The van der Waals surface area contributed by atoms with Crippen molar-refractivity contribution in [1.82, 2.24) is 16.0 Å². The number of urea groups is 1. The van der Waals surface area contributed by atoms with E-state index in [1.807, 2.05) is 20.9 Å². The van der Waals surface area contributed by atoms with Gasteiger partial charge in [-0.15, -0.1) is 0 Å². The van der Waals surface area contributed by atoms with E-state index < -0.39 is 0 Å². The molecule has 0 bridgehead atoms. The molecule has 3 amide bonds. The van der Waals surface area contributed by atoms with Crippen LogP contribution in [0.1, 0.15) is 30.6 Å². The first-order valence-electron chi connectivity index (χ1n) is 7.14. The molecule has 0 saturated carbocycles. The summed E-state index contributed by atoms with van der Waals surface area (Å²) in [6, 6.07) is 6.67. The van der Waals surface area contributed by atoms with Crippen molar-refractivity contribution >= 4 is 17.6 Å². The van der Waals surface area contributed by atoms with Crippen molar-refractivity contribution in [1.29, 1.82) is 0 Å². The SMILES string of the molecule is CNCCCNC(=O)c1ccccc1NC(=O)NC(C)C. The zero-order valence-electron chi connectivity index (χ0n) is 12.8. The average Bonchev–Trinajstić information content (AvgIpc) is 2.43. The van der Waals surface area contributed by atoms with Crippen LogP contribution in [0.5, 0.6) is 0 Å². The molecule has 1 aromatic carbocycles. The fourth-order valence-electron chi connectivity index (χ4n) is 1.77. The molecule has 0 unspecified atom stereocenters. The van der Waals surface area contributed by atoms with Crippen LogP contribution in [0.3, 0.4) is 0 Å². The van der Waals surface area contributed by atoms with Crippen LogP contribution in [0, 0.1) is 0 Å². The van der Waals surface area contributed by atoms with E-state index in [9.17, 15) is 9.59 Å². The number of rotatable bonds is 7. The van der Waals surface area contributed by atoms with Crippen LogP contribution in [0.4, 0.5) is 10.5 Å². The van der Waals surface area contributed by atoms with Crippen molar-refractivity contribution in [3.05, 3.63) is 29.8 Å². The summed E-state index contributed by atoms with van der Waals surface area (Å²) in [5.74, 6) is -0.188. The molecule has 6 heteroatoms. The minimum absolute atomic E-state index is 0.0348. The Morgan fingerprint density at radius 2 is 1.86 bits per heavy atom. The van der Waals surface area contributed by atoms with Crippen LogP contribution in [0.2, 0.25) is 0 Å². The molecule has 0 heterocycles. The maximum atomic E-state index is 12.1. The third-order valence-electron chi connectivity index (χ3n) is 2.73. The van der Waals surface area contributed by atoms with Gasteiger partial charge in [-0.1, -0.05) is 12.1 Å². The van der Waals surface area contributed by atoms with Crippen molar-refractivity contribution in [3.8, 4) is 0 Å². The molecule has 0 aliphatic rings. The van der Waals surface area contributed by atoms with Crippen molar-refractivity contribution in [2.24, 2.45) is 0 Å². The second-order valence-electron chi connectivity index (χ2n) is 5.01. The number of carbonyl (C=O) groups excluding carboxylic acids is 2. The largest absolute Gasteiger partial charge is 0.352 e. The third-order valence-corrected chi connectivity index (χ3v) is 2.73. The van der Waals surface area contributed by atoms with Gasteiger partial charge in [0.2, 0.25) is 0 Å². The van der Waals surface area contributed by atoms with Gasteiger partial charge in [0.1, 0.15) is 0 Å². The van der Waals surface area contributed by atoms with Gasteiger partial charge in [-0.3, -0.25) is 4.79 Å². The predicted octanol–water partition coefficient (Wildman–Crippen LogP) is 1.56. The molecule has 0 aliphatic carbocycles. The normalized spacial score (nSPS) is 10.3. The predicted molar refractivity (Wildman–Crippen MR) is 84.6 cm³/mol. The van der Waals surface area contributed by atoms with E-state index in [0.29, 0.717) is 17.8 Å². The summed E-state index contributed by atoms with van der Waals surface area (Å²) >= 11 is 0. The van der Waals surface area contributed by atoms with Crippen LogP contribution in [-0.4, -0.2) is 38.1 Å². The van der Waals surface area contributed by atoms with E-state index in [1.54, 1.807) is 24.3 Å². The lowest BCUT2D eigenvalue weighted by molar-refractivity contribution is 0.0954. The number of nitrogens with one attached hydrogen (secondary N) is 4. The lowest BCUT2D eigenvalue weighted by Gasteiger charge is -2.13. The smallest absolute Gasteiger partial charge is 0.319 e. The molecule has 1 rings (SSSR count). The van der Waals surface area contributed by atoms with E-state index >= 15 is 0 Å². The highest BCUT2D eigenvalue weighted by Crippen LogP contribution is 2.14. The van der Waals surface area contributed by atoms with E-state index in [-0.39, 0.29) is 18.0 Å². The molecular formula is C15H24N4O2. The molecular weight excluding hydrogens is 268 g/mol. The quantitative estimate of drug-likeness (QED) is 0.576. The zero-order chi connectivity index (χ0) is 15.7. The molecule has 0 spiro atoms. The molecule has 0 aromatic heterocycles. The van der Waals surface area contributed by atoms with Crippen LogP contribution >= 0.6 is 0 Å². The minimum Gasteiger partial charge on any atom is -0.352 e. The summed E-state index contributed by atoms with van der Waals surface area (Å²) in [4.78, 5) is 23.9. The highest BCUT2D eigenvalue weighted by atomic mass is 16.2. The van der Waals surface area contributed by atoms with Crippen LogP contribution < -0.4 is 21.3 Å². The van der Waals surface area contributed by atoms with E-state index in [4.69, 9.17) is 0 Å². The summed E-state index contributed by atoms with van der Waals surface area (Å²) in [5, 5.41) is 11.3. The summed E-state index contributed by atoms with van der Waals surface area (Å²) in [6.45, 7) is 5.18. The lowest BCUT2D eigenvalue weighted by Crippen LogP contribution is -2.35. The Morgan fingerprint density at radius 1 is 1.14 bits per heavy atom. The van der Waals surface area contributed by atoms with Crippen LogP contribution in [0.15, 0.2) is 24.3 Å². The summed E-state index contributed by atoms with van der Waals surface area (Å²) in [7, 11) is 1.87. The summed E-state index contributed by atoms with van der Waals surface area (Å²) < 4.78 is 0. The Bertz CT molecular complexity index is 474. The highest BCUT2D eigenvalue weighted by Gasteiger charge is 2.12. The molecule has 1 aromatic rings. The van der Waals surface area contributed by atoms with Gasteiger partial charge in [-0.2, -0.15) is 0 Å². The minimum atomic E-state index is -0.319. The van der Waals surface area contributed by atoms with Gasteiger partial charge in [0.05, 0.1) is 11.3 Å². The fraction of sp³-hybridized carbons (Fsp3) is 0.467. The molecule has 0 atom stereocenters. The summed E-state index contributed by atoms with van der Waals surface area (Å²) in [5.41, 5.74) is 0.961. The van der Waals surface area contributed by atoms with Crippen LogP contribution in [0.25, 0.3) is 0 Å². The molecule has 0 radical (unpaired) electrons. The molecule has 4 N–H and O–H groups in total. The Labute approximate surface area is 125 Å². The lowest BCUT2D eigenvalue weighted by atomic mass is 10.1. The van der Waals surface area contributed by atoms with Gasteiger partial charge in [0.25, 0.3) is 5.91 Å². The van der Waals surface area contributed by atoms with Gasteiger partial charge in [-0.05, 0) is 46.0 Å².